The van der Waals surface area contributed by atoms with Gasteiger partial charge in [-0.25, -0.2) is 0 Å². The van der Waals surface area contributed by atoms with Gasteiger partial charge in [-0.15, -0.1) is 0 Å². The molecule has 0 radical (unpaired) electrons. The first-order chi connectivity index (χ1) is 9.95. The third-order valence-electron chi connectivity index (χ3n) is 2.70. The van der Waals surface area contributed by atoms with E-state index >= 15 is 0 Å². The van der Waals surface area contributed by atoms with E-state index in [9.17, 15) is 14.9 Å². The van der Waals surface area contributed by atoms with Gasteiger partial charge in [-0.2, -0.15) is 0 Å². The van der Waals surface area contributed by atoms with Gasteiger partial charge in [-0.05, 0) is 23.8 Å². The molecule has 108 valence electrons. The molecule has 0 aliphatic rings. The minimum Gasteiger partial charge on any atom is -0.348 e. The molecule has 1 amide bonds. The van der Waals surface area contributed by atoms with E-state index in [1.54, 1.807) is 30.3 Å². The van der Waals surface area contributed by atoms with Gasteiger partial charge in [0.15, 0.2) is 0 Å². The number of hydrogen-bond donors (Lipinski definition) is 1. The number of carbonyl (C=O) groups is 1. The van der Waals surface area contributed by atoms with Gasteiger partial charge >= 0.3 is 0 Å². The summed E-state index contributed by atoms with van der Waals surface area (Å²) < 4.78 is 0.704. The number of non-ortho nitro benzene ring substituents is 1. The lowest BCUT2D eigenvalue weighted by Crippen LogP contribution is -2.22. The van der Waals surface area contributed by atoms with Gasteiger partial charge in [-0.3, -0.25) is 14.9 Å². The molecule has 2 aromatic rings. The van der Waals surface area contributed by atoms with E-state index < -0.39 is 4.92 Å². The van der Waals surface area contributed by atoms with Crippen LogP contribution >= 0.6 is 27.5 Å². The van der Waals surface area contributed by atoms with Crippen LogP contribution in [0, 0.1) is 10.1 Å². The highest BCUT2D eigenvalue weighted by Crippen LogP contribution is 2.19. The molecule has 5 nitrogen and oxygen atoms in total. The Balaban J connectivity index is 2.07. The molecule has 0 unspecified atom stereocenters. The van der Waals surface area contributed by atoms with E-state index in [4.69, 9.17) is 11.6 Å². The molecule has 0 aromatic heterocycles. The standard InChI is InChI=1S/C14H10BrClN2O3/c15-11-5-10(6-12(16)7-11)14(19)17-8-9-2-1-3-13(4-9)18(20)21/h1-7H,8H2,(H,17,19). The summed E-state index contributed by atoms with van der Waals surface area (Å²) in [5, 5.41) is 13.8. The van der Waals surface area contributed by atoms with Crippen LogP contribution in [0.15, 0.2) is 46.9 Å². The van der Waals surface area contributed by atoms with E-state index in [-0.39, 0.29) is 18.1 Å². The normalized spacial score (nSPS) is 10.2. The van der Waals surface area contributed by atoms with Crippen molar-refractivity contribution < 1.29 is 9.72 Å². The first kappa shape index (κ1) is 15.5. The fraction of sp³-hybridized carbons (Fsp3) is 0.0714. The van der Waals surface area contributed by atoms with Crippen molar-refractivity contribution in [3.63, 3.8) is 0 Å². The zero-order chi connectivity index (χ0) is 15.4. The van der Waals surface area contributed by atoms with E-state index in [1.165, 1.54) is 12.1 Å². The number of halogens is 2. The number of nitrogens with one attached hydrogen (secondary N) is 1. The number of rotatable bonds is 4. The van der Waals surface area contributed by atoms with Crippen LogP contribution in [-0.2, 0) is 6.54 Å². The molecule has 1 N–H and O–H groups in total. The number of nitro benzene ring substituents is 1. The second-order valence-electron chi connectivity index (χ2n) is 4.27. The number of hydrogen-bond acceptors (Lipinski definition) is 3. The minimum absolute atomic E-state index is 0.00718. The highest BCUT2D eigenvalue weighted by molar-refractivity contribution is 9.10. The predicted molar refractivity (Wildman–Crippen MR) is 83.4 cm³/mol. The topological polar surface area (TPSA) is 72.2 Å². The summed E-state index contributed by atoms with van der Waals surface area (Å²) in [6, 6.07) is 11.0. The molecule has 0 spiro atoms. The lowest BCUT2D eigenvalue weighted by Gasteiger charge is -2.06. The van der Waals surface area contributed by atoms with Gasteiger partial charge in [0.05, 0.1) is 4.92 Å². The molecule has 0 fully saturated rings. The Kier molecular flexibility index (Phi) is 4.93. The molecule has 7 heteroatoms. The molecular weight excluding hydrogens is 360 g/mol. The van der Waals surface area contributed by atoms with Crippen molar-refractivity contribution in [1.82, 2.24) is 5.32 Å². The van der Waals surface area contributed by atoms with Gasteiger partial charge in [0.2, 0.25) is 0 Å². The summed E-state index contributed by atoms with van der Waals surface area (Å²) in [7, 11) is 0. The summed E-state index contributed by atoms with van der Waals surface area (Å²) in [6.07, 6.45) is 0. The Morgan fingerprint density at radius 1 is 1.29 bits per heavy atom. The van der Waals surface area contributed by atoms with Crippen LogP contribution in [0.3, 0.4) is 0 Å². The molecular formula is C14H10BrClN2O3. The van der Waals surface area contributed by atoms with Crippen LogP contribution < -0.4 is 5.32 Å². The lowest BCUT2D eigenvalue weighted by atomic mass is 10.2. The first-order valence-electron chi connectivity index (χ1n) is 5.93. The number of benzene rings is 2. The molecule has 0 atom stereocenters. The maximum absolute atomic E-state index is 12.0. The van der Waals surface area contributed by atoms with Crippen LogP contribution in [0.2, 0.25) is 5.02 Å². The second kappa shape index (κ2) is 6.69. The van der Waals surface area contributed by atoms with Crippen LogP contribution in [0.5, 0.6) is 0 Å². The van der Waals surface area contributed by atoms with E-state index in [1.807, 2.05) is 0 Å². The Labute approximate surface area is 134 Å². The minimum atomic E-state index is -0.473. The summed E-state index contributed by atoms with van der Waals surface area (Å²) >= 11 is 9.15. The van der Waals surface area contributed by atoms with Gasteiger partial charge in [0.25, 0.3) is 11.6 Å². The highest BCUT2D eigenvalue weighted by Gasteiger charge is 2.09. The van der Waals surface area contributed by atoms with Gasteiger partial charge < -0.3 is 5.32 Å². The number of nitrogens with zero attached hydrogens (tertiary/aromatic N) is 1. The largest absolute Gasteiger partial charge is 0.348 e. The van der Waals surface area contributed by atoms with Crippen molar-refractivity contribution in [2.75, 3.05) is 0 Å². The molecule has 0 bridgehead atoms. The molecule has 2 aromatic carbocycles. The average molecular weight is 370 g/mol. The van der Waals surface area contributed by atoms with Gasteiger partial charge in [-0.1, -0.05) is 39.7 Å². The van der Waals surface area contributed by atoms with E-state index in [2.05, 4.69) is 21.2 Å². The molecule has 0 saturated carbocycles. The maximum Gasteiger partial charge on any atom is 0.269 e. The highest BCUT2D eigenvalue weighted by atomic mass is 79.9. The zero-order valence-corrected chi connectivity index (χ0v) is 13.0. The molecule has 0 aliphatic heterocycles. The number of amides is 1. The Morgan fingerprint density at radius 3 is 2.71 bits per heavy atom. The summed E-state index contributed by atoms with van der Waals surface area (Å²) in [6.45, 7) is 0.199. The van der Waals surface area contributed by atoms with Crippen LogP contribution in [0.4, 0.5) is 5.69 Å². The SMILES string of the molecule is O=C(NCc1cccc([N+](=O)[O-])c1)c1cc(Cl)cc(Br)c1. The molecule has 0 heterocycles. The van der Waals surface area contributed by atoms with Crippen molar-refractivity contribution in [3.05, 3.63) is 73.2 Å². The quantitative estimate of drug-likeness (QED) is 0.655. The molecule has 21 heavy (non-hydrogen) atoms. The van der Waals surface area contributed by atoms with Gasteiger partial charge in [0.1, 0.15) is 0 Å². The average Bonchev–Trinajstić information content (AvgIpc) is 2.44. The van der Waals surface area contributed by atoms with E-state index in [0.29, 0.717) is 20.6 Å². The molecule has 2 rings (SSSR count). The van der Waals surface area contributed by atoms with Crippen molar-refractivity contribution in [2.45, 2.75) is 6.54 Å². The molecule has 0 saturated heterocycles. The predicted octanol–water partition coefficient (Wildman–Crippen LogP) is 3.94. The lowest BCUT2D eigenvalue weighted by molar-refractivity contribution is -0.384. The number of nitro groups is 1. The third kappa shape index (κ3) is 4.27. The Morgan fingerprint density at radius 2 is 2.05 bits per heavy atom. The number of carbonyl (C=O) groups excluding carboxylic acids is 1. The van der Waals surface area contributed by atoms with Crippen LogP contribution in [0.25, 0.3) is 0 Å². The summed E-state index contributed by atoms with van der Waals surface area (Å²) in [4.78, 5) is 22.2. The van der Waals surface area contributed by atoms with Crippen LogP contribution in [-0.4, -0.2) is 10.8 Å². The third-order valence-corrected chi connectivity index (χ3v) is 3.38. The Hall–Kier alpha value is -1.92. The second-order valence-corrected chi connectivity index (χ2v) is 5.62. The summed E-state index contributed by atoms with van der Waals surface area (Å²) in [5.74, 6) is -0.301. The first-order valence-corrected chi connectivity index (χ1v) is 7.10. The summed E-state index contributed by atoms with van der Waals surface area (Å²) in [5.41, 5.74) is 1.06. The Bertz CT molecular complexity index is 686. The fourth-order valence-electron chi connectivity index (χ4n) is 1.75. The van der Waals surface area contributed by atoms with Crippen LogP contribution in [0.1, 0.15) is 15.9 Å². The monoisotopic (exact) mass is 368 g/mol. The fourth-order valence-corrected chi connectivity index (χ4v) is 2.61. The van der Waals surface area contributed by atoms with Crippen molar-refractivity contribution >= 4 is 39.1 Å². The van der Waals surface area contributed by atoms with Gasteiger partial charge in [0, 0.05) is 33.7 Å². The zero-order valence-electron chi connectivity index (χ0n) is 10.7. The van der Waals surface area contributed by atoms with Crippen molar-refractivity contribution in [3.8, 4) is 0 Å². The van der Waals surface area contributed by atoms with E-state index in [0.717, 1.165) is 0 Å². The van der Waals surface area contributed by atoms with Crippen molar-refractivity contribution in [1.29, 1.82) is 0 Å². The smallest absolute Gasteiger partial charge is 0.269 e. The van der Waals surface area contributed by atoms with Crippen molar-refractivity contribution in [2.24, 2.45) is 0 Å². The molecule has 0 aliphatic carbocycles. The maximum atomic E-state index is 12.0.